The van der Waals surface area contributed by atoms with Crippen molar-refractivity contribution in [3.63, 3.8) is 0 Å². The molecule has 2 aromatic heterocycles. The van der Waals surface area contributed by atoms with E-state index in [0.717, 1.165) is 34.6 Å². The van der Waals surface area contributed by atoms with Crippen LogP contribution in [0.4, 0.5) is 14.6 Å². The van der Waals surface area contributed by atoms with Crippen molar-refractivity contribution in [2.45, 2.75) is 38.5 Å². The lowest BCUT2D eigenvalue weighted by atomic mass is 10.1. The highest BCUT2D eigenvalue weighted by Gasteiger charge is 2.25. The van der Waals surface area contributed by atoms with Crippen LogP contribution in [0.5, 0.6) is 11.5 Å². The van der Waals surface area contributed by atoms with Crippen LogP contribution in [0.1, 0.15) is 25.5 Å². The molecule has 192 valence electrons. The zero-order valence-corrected chi connectivity index (χ0v) is 20.1. The van der Waals surface area contributed by atoms with Gasteiger partial charge in [-0.2, -0.15) is 10.2 Å². The predicted molar refractivity (Wildman–Crippen MR) is 131 cm³/mol. The fraction of sp³-hybridized carbons (Fsp3) is 0.231. The highest BCUT2D eigenvalue weighted by Crippen LogP contribution is 2.26. The normalized spacial score (nSPS) is 12.2. The summed E-state index contributed by atoms with van der Waals surface area (Å²) in [5, 5.41) is 21.0. The van der Waals surface area contributed by atoms with Crippen LogP contribution in [-0.2, 0) is 17.8 Å². The van der Waals surface area contributed by atoms with Crippen LogP contribution in [0, 0.1) is 11.6 Å². The van der Waals surface area contributed by atoms with Gasteiger partial charge in [-0.15, -0.1) is 0 Å². The minimum atomic E-state index is -1.08. The van der Waals surface area contributed by atoms with Crippen molar-refractivity contribution in [3.8, 4) is 11.5 Å². The Morgan fingerprint density at radius 1 is 1.11 bits per heavy atom. The molecular weight excluding hydrogens is 484 g/mol. The van der Waals surface area contributed by atoms with Crippen molar-refractivity contribution in [2.75, 3.05) is 5.32 Å². The molecule has 37 heavy (non-hydrogen) atoms. The molecule has 0 spiro atoms. The average Bonchev–Trinajstić information content (AvgIpc) is 3.26. The van der Waals surface area contributed by atoms with Gasteiger partial charge in [-0.25, -0.2) is 13.5 Å². The number of nitrogens with zero attached hydrogens (tertiary/aromatic N) is 4. The van der Waals surface area contributed by atoms with Crippen molar-refractivity contribution < 1.29 is 23.4 Å². The first-order valence-corrected chi connectivity index (χ1v) is 11.4. The number of benzene rings is 2. The second-order valence-corrected chi connectivity index (χ2v) is 9.03. The van der Waals surface area contributed by atoms with E-state index in [1.54, 1.807) is 38.2 Å². The molecule has 0 bridgehead atoms. The summed E-state index contributed by atoms with van der Waals surface area (Å²) in [6, 6.07) is 13.8. The number of halogens is 2. The summed E-state index contributed by atoms with van der Waals surface area (Å²) < 4.78 is 35.6. The number of ether oxygens (including phenoxy) is 1. The number of nitrogens with one attached hydrogen (secondary N) is 1. The molecule has 1 amide bonds. The SMILES string of the molecule is CC(C)(O)Cn1ccc(NC(=O)C(Cc2ccccc2)n2ncc(Oc3c(F)cccc3F)cc2=O)n1. The van der Waals surface area contributed by atoms with E-state index in [-0.39, 0.29) is 24.5 Å². The number of hydrogen-bond acceptors (Lipinski definition) is 6. The molecule has 2 heterocycles. The maximum absolute atomic E-state index is 13.9. The number of rotatable bonds is 9. The molecule has 0 saturated carbocycles. The second-order valence-electron chi connectivity index (χ2n) is 9.03. The number of anilines is 1. The number of carbonyl (C=O) groups is 1. The first-order chi connectivity index (χ1) is 17.6. The van der Waals surface area contributed by atoms with E-state index in [0.29, 0.717) is 0 Å². The summed E-state index contributed by atoms with van der Waals surface area (Å²) in [6.45, 7) is 3.48. The van der Waals surface area contributed by atoms with E-state index in [2.05, 4.69) is 15.5 Å². The van der Waals surface area contributed by atoms with Crippen LogP contribution in [0.3, 0.4) is 0 Å². The summed E-state index contributed by atoms with van der Waals surface area (Å²) in [4.78, 5) is 26.2. The standard InChI is InChI=1S/C26H25F2N5O4/c1-26(2,36)16-32-12-11-22(31-32)30-25(35)21(13-17-7-4-3-5-8-17)33-23(34)14-18(15-29-33)37-24-19(27)9-6-10-20(24)28/h3-12,14-15,21,36H,13,16H2,1-2H3,(H,30,31,35). The Labute approximate surface area is 210 Å². The quantitative estimate of drug-likeness (QED) is 0.356. The number of para-hydroxylation sites is 1. The first kappa shape index (κ1) is 25.7. The Kier molecular flexibility index (Phi) is 7.44. The lowest BCUT2D eigenvalue weighted by Crippen LogP contribution is -2.36. The molecule has 0 aliphatic carbocycles. The van der Waals surface area contributed by atoms with Gasteiger partial charge in [0.1, 0.15) is 6.04 Å². The molecule has 2 N–H and O–H groups in total. The van der Waals surface area contributed by atoms with Gasteiger partial charge in [0.25, 0.3) is 11.5 Å². The fourth-order valence-corrected chi connectivity index (χ4v) is 3.64. The van der Waals surface area contributed by atoms with Crippen LogP contribution in [0.25, 0.3) is 0 Å². The molecular formula is C26H25F2N5O4. The molecule has 0 fully saturated rings. The van der Waals surface area contributed by atoms with Crippen molar-refractivity contribution in [3.05, 3.63) is 101 Å². The summed E-state index contributed by atoms with van der Waals surface area (Å²) in [5.41, 5.74) is -0.939. The van der Waals surface area contributed by atoms with Crippen LogP contribution < -0.4 is 15.6 Å². The van der Waals surface area contributed by atoms with Gasteiger partial charge in [-0.1, -0.05) is 36.4 Å². The third kappa shape index (κ3) is 6.64. The van der Waals surface area contributed by atoms with Gasteiger partial charge in [-0.3, -0.25) is 14.3 Å². The number of amides is 1. The summed E-state index contributed by atoms with van der Waals surface area (Å²) in [6.07, 6.45) is 2.85. The monoisotopic (exact) mass is 509 g/mol. The predicted octanol–water partition coefficient (Wildman–Crippen LogP) is 3.70. The fourth-order valence-electron chi connectivity index (χ4n) is 3.64. The van der Waals surface area contributed by atoms with Crippen LogP contribution in [0.2, 0.25) is 0 Å². The third-order valence-electron chi connectivity index (χ3n) is 5.25. The molecule has 0 aliphatic rings. The zero-order chi connectivity index (χ0) is 26.6. The van der Waals surface area contributed by atoms with Crippen molar-refractivity contribution in [1.29, 1.82) is 0 Å². The van der Waals surface area contributed by atoms with E-state index in [1.165, 1.54) is 10.7 Å². The van der Waals surface area contributed by atoms with Gasteiger partial charge in [0.05, 0.1) is 18.3 Å². The molecule has 4 aromatic rings. The minimum absolute atomic E-state index is 0.131. The van der Waals surface area contributed by atoms with E-state index >= 15 is 0 Å². The highest BCUT2D eigenvalue weighted by atomic mass is 19.1. The Balaban J connectivity index is 1.60. The summed E-state index contributed by atoms with van der Waals surface area (Å²) in [5.74, 6) is -3.05. The summed E-state index contributed by atoms with van der Waals surface area (Å²) in [7, 11) is 0. The van der Waals surface area contributed by atoms with Crippen LogP contribution >= 0.6 is 0 Å². The molecule has 2 aromatic carbocycles. The second kappa shape index (κ2) is 10.7. The lowest BCUT2D eigenvalue weighted by Gasteiger charge is -2.18. The van der Waals surface area contributed by atoms with Gasteiger partial charge >= 0.3 is 0 Å². The Hall–Kier alpha value is -4.38. The van der Waals surface area contributed by atoms with Crippen LogP contribution in [0.15, 0.2) is 77.9 Å². The van der Waals surface area contributed by atoms with Gasteiger partial charge in [-0.05, 0) is 31.5 Å². The first-order valence-electron chi connectivity index (χ1n) is 11.4. The van der Waals surface area contributed by atoms with Gasteiger partial charge in [0.15, 0.2) is 29.0 Å². The van der Waals surface area contributed by atoms with Crippen molar-refractivity contribution in [1.82, 2.24) is 19.6 Å². The molecule has 0 aliphatic heterocycles. The van der Waals surface area contributed by atoms with Crippen molar-refractivity contribution in [2.24, 2.45) is 0 Å². The molecule has 1 unspecified atom stereocenters. The van der Waals surface area contributed by atoms with E-state index in [1.807, 2.05) is 18.2 Å². The zero-order valence-electron chi connectivity index (χ0n) is 20.1. The third-order valence-corrected chi connectivity index (χ3v) is 5.25. The maximum Gasteiger partial charge on any atom is 0.271 e. The number of aromatic nitrogens is 4. The number of carbonyl (C=O) groups excluding carboxylic acids is 1. The number of aliphatic hydroxyl groups is 1. The van der Waals surface area contributed by atoms with Gasteiger partial charge < -0.3 is 15.2 Å². The summed E-state index contributed by atoms with van der Waals surface area (Å²) >= 11 is 0. The lowest BCUT2D eigenvalue weighted by molar-refractivity contribution is -0.119. The smallest absolute Gasteiger partial charge is 0.271 e. The van der Waals surface area contributed by atoms with Gasteiger partial charge in [0.2, 0.25) is 0 Å². The average molecular weight is 510 g/mol. The van der Waals surface area contributed by atoms with E-state index in [4.69, 9.17) is 4.74 Å². The Morgan fingerprint density at radius 3 is 2.46 bits per heavy atom. The highest BCUT2D eigenvalue weighted by molar-refractivity contribution is 5.93. The minimum Gasteiger partial charge on any atom is -0.449 e. The molecule has 4 rings (SSSR count). The number of hydrogen-bond donors (Lipinski definition) is 2. The largest absolute Gasteiger partial charge is 0.449 e. The maximum atomic E-state index is 13.9. The molecule has 11 heteroatoms. The van der Waals surface area contributed by atoms with Gasteiger partial charge in [0, 0.05) is 24.8 Å². The topological polar surface area (TPSA) is 111 Å². The van der Waals surface area contributed by atoms with Crippen molar-refractivity contribution >= 4 is 11.7 Å². The Morgan fingerprint density at radius 2 is 1.81 bits per heavy atom. The van der Waals surface area contributed by atoms with E-state index < -0.39 is 40.5 Å². The molecule has 0 radical (unpaired) electrons. The Bertz CT molecular complexity index is 1430. The molecule has 9 nitrogen and oxygen atoms in total. The van der Waals surface area contributed by atoms with Crippen LogP contribution in [-0.4, -0.2) is 36.2 Å². The molecule has 1 atom stereocenters. The molecule has 0 saturated heterocycles. The van der Waals surface area contributed by atoms with E-state index in [9.17, 15) is 23.5 Å².